The molecule has 2 atom stereocenters. The van der Waals surface area contributed by atoms with Crippen molar-refractivity contribution in [1.82, 2.24) is 65.7 Å². The number of nitrogens with one attached hydrogen (secondary N) is 5. The van der Waals surface area contributed by atoms with Crippen LogP contribution in [0.25, 0.3) is 11.1 Å². The molecule has 26 nitrogen and oxygen atoms in total. The van der Waals surface area contributed by atoms with Gasteiger partial charge in [-0.3, -0.25) is 29.0 Å². The summed E-state index contributed by atoms with van der Waals surface area (Å²) in [6, 6.07) is 17.8. The maximum atomic E-state index is 14.1. The molecule has 9 rings (SSSR count). The normalized spacial score (nSPS) is 14.7. The summed E-state index contributed by atoms with van der Waals surface area (Å²) in [7, 11) is 1.29. The van der Waals surface area contributed by atoms with Crippen molar-refractivity contribution in [2.45, 2.75) is 124 Å². The Balaban J connectivity index is 0.623. The smallest absolute Gasteiger partial charge is 0.328 e. The van der Waals surface area contributed by atoms with Crippen LogP contribution in [-0.2, 0) is 48.3 Å². The minimum atomic E-state index is -0.781. The Kier molecular flexibility index (Phi) is 22.7. The summed E-state index contributed by atoms with van der Waals surface area (Å²) in [5, 5.41) is 41.7. The van der Waals surface area contributed by atoms with Crippen molar-refractivity contribution in [3.63, 3.8) is 0 Å². The second kappa shape index (κ2) is 31.1. The van der Waals surface area contributed by atoms with Crippen LogP contribution < -0.4 is 30.7 Å². The third-order valence-corrected chi connectivity index (χ3v) is 16.0. The molecule has 5 heterocycles. The number of carbonyl (C=O) groups excluding carboxylic acids is 6. The number of carbonyl (C=O) groups is 6. The van der Waals surface area contributed by atoms with Crippen molar-refractivity contribution in [2.75, 3.05) is 71.6 Å². The first kappa shape index (κ1) is 65.7. The van der Waals surface area contributed by atoms with Gasteiger partial charge in [0.2, 0.25) is 17.7 Å². The number of pyridine rings is 1. The maximum Gasteiger partial charge on any atom is 0.328 e. The van der Waals surface area contributed by atoms with Crippen LogP contribution in [-0.4, -0.2) is 175 Å². The van der Waals surface area contributed by atoms with Gasteiger partial charge in [0.15, 0.2) is 0 Å². The number of aliphatic hydroxyl groups is 1. The number of hydrogen-bond acceptors (Lipinski definition) is 17. The molecule has 6 N–H and O–H groups in total. The Morgan fingerprint density at radius 1 is 0.867 bits per heavy atom. The van der Waals surface area contributed by atoms with Gasteiger partial charge >= 0.3 is 12.0 Å². The van der Waals surface area contributed by atoms with E-state index in [0.717, 1.165) is 48.2 Å². The number of methoxy groups -OCH3 is 1. The van der Waals surface area contributed by atoms with Crippen molar-refractivity contribution in [1.29, 1.82) is 0 Å². The highest BCUT2D eigenvalue weighted by Gasteiger charge is 2.48. The van der Waals surface area contributed by atoms with Gasteiger partial charge in [-0.25, -0.2) is 19.3 Å². The number of amides is 6. The van der Waals surface area contributed by atoms with Gasteiger partial charge in [-0.1, -0.05) is 44.2 Å². The Hall–Kier alpha value is -8.75. The number of anilines is 1. The zero-order chi connectivity index (χ0) is 63.7. The largest absolute Gasteiger partial charge is 0.487 e. The molecular formula is C64H84N14O12. The summed E-state index contributed by atoms with van der Waals surface area (Å²) in [6.07, 6.45) is 10.7. The molecule has 4 aromatic heterocycles. The lowest BCUT2D eigenvalue weighted by Gasteiger charge is -2.38. The number of nitrogens with zero attached hydrogens (tertiary/aromatic N) is 9. The first-order valence-corrected chi connectivity index (χ1v) is 30.9. The van der Waals surface area contributed by atoms with Gasteiger partial charge in [0.05, 0.1) is 64.1 Å². The van der Waals surface area contributed by atoms with Gasteiger partial charge in [-0.05, 0) is 130 Å². The number of aliphatic hydroxyl groups excluding tert-OH is 1. The zero-order valence-electron chi connectivity index (χ0n) is 52.2. The molecule has 2 aromatic carbocycles. The molecular weight excluding hydrogens is 1160 g/mol. The highest BCUT2D eigenvalue weighted by Crippen LogP contribution is 2.51. The molecule has 0 radical (unpaired) electrons. The van der Waals surface area contributed by atoms with E-state index in [-0.39, 0.29) is 86.2 Å². The van der Waals surface area contributed by atoms with E-state index >= 15 is 0 Å². The topological polar surface area (TPSA) is 313 Å². The molecule has 3 aliphatic rings. The molecule has 1 aliphatic heterocycles. The number of aromatic amines is 1. The molecule has 1 saturated heterocycles. The van der Waals surface area contributed by atoms with Crippen molar-refractivity contribution in [3.8, 4) is 28.5 Å². The molecule has 0 bridgehead atoms. The number of hydrogen-bond donors (Lipinski definition) is 6. The average Bonchev–Trinajstić information content (AvgIpc) is 1.72. The zero-order valence-corrected chi connectivity index (χ0v) is 52.2. The Morgan fingerprint density at radius 2 is 1.62 bits per heavy atom. The van der Waals surface area contributed by atoms with Gasteiger partial charge in [-0.15, -0.1) is 5.10 Å². The fraction of sp³-hybridized carbons (Fsp3) is 0.516. The van der Waals surface area contributed by atoms with Gasteiger partial charge in [0, 0.05) is 74.3 Å². The summed E-state index contributed by atoms with van der Waals surface area (Å²) in [4.78, 5) is 87.2. The Labute approximate surface area is 523 Å². The van der Waals surface area contributed by atoms with Gasteiger partial charge in [0.1, 0.15) is 47.6 Å². The van der Waals surface area contributed by atoms with Crippen molar-refractivity contribution < 1.29 is 57.6 Å². The number of aromatic nitrogens is 8. The van der Waals surface area contributed by atoms with Crippen LogP contribution in [0.4, 0.5) is 10.5 Å². The Bertz CT molecular complexity index is 3330. The third kappa shape index (κ3) is 18.9. The summed E-state index contributed by atoms with van der Waals surface area (Å²) in [6.45, 7) is 12.9. The van der Waals surface area contributed by atoms with Crippen LogP contribution in [0.1, 0.15) is 110 Å². The van der Waals surface area contributed by atoms with E-state index in [2.05, 4.69) is 72.6 Å². The van der Waals surface area contributed by atoms with Crippen LogP contribution in [0.3, 0.4) is 0 Å². The van der Waals surface area contributed by atoms with Gasteiger partial charge in [0.25, 0.3) is 11.8 Å². The van der Waals surface area contributed by atoms with Crippen LogP contribution in [0.2, 0.25) is 0 Å². The molecule has 0 spiro atoms. The number of ether oxygens (including phenoxy) is 5. The van der Waals surface area contributed by atoms with E-state index in [9.17, 15) is 33.9 Å². The summed E-state index contributed by atoms with van der Waals surface area (Å²) >= 11 is 0. The van der Waals surface area contributed by atoms with Crippen molar-refractivity contribution >= 4 is 41.3 Å². The van der Waals surface area contributed by atoms with E-state index in [1.807, 2.05) is 38.1 Å². The number of esters is 1. The molecule has 90 heavy (non-hydrogen) atoms. The lowest BCUT2D eigenvalue weighted by Crippen LogP contribution is -2.59. The quantitative estimate of drug-likeness (QED) is 0.0192. The fourth-order valence-electron chi connectivity index (χ4n) is 10.9. The SMILES string of the molecule is COC(=O)[C@H](CCC(C)(C)C)NC(=O)c1ccc(Oc2cccc(OC3CN(C(=O)NCCCOCCOCc4cn(CC(=O)N(CCO)CCCn5nccc5C(=O)N[C@H](C(=O)Nc5ccc(-c6c(C)n[nH]c6C)cc5)C(C5CC5)C5CC5)nn4)C3)c2)nc1. The van der Waals surface area contributed by atoms with Crippen LogP contribution in [0.5, 0.6) is 17.4 Å². The van der Waals surface area contributed by atoms with Gasteiger partial charge < -0.3 is 59.9 Å². The molecule has 26 heteroatoms. The van der Waals surface area contributed by atoms with E-state index in [1.165, 1.54) is 22.9 Å². The first-order valence-electron chi connectivity index (χ1n) is 30.9. The molecule has 6 amide bonds. The molecule has 482 valence electrons. The second-order valence-corrected chi connectivity index (χ2v) is 24.4. The molecule has 2 aliphatic carbocycles. The van der Waals surface area contributed by atoms with E-state index in [0.29, 0.717) is 105 Å². The van der Waals surface area contributed by atoms with Crippen LogP contribution in [0, 0.1) is 37.0 Å². The highest BCUT2D eigenvalue weighted by molar-refractivity contribution is 6.01. The number of H-pyrrole nitrogens is 1. The fourth-order valence-corrected chi connectivity index (χ4v) is 10.9. The minimum absolute atomic E-state index is 0.0228. The molecule has 3 fully saturated rings. The Morgan fingerprint density at radius 3 is 2.31 bits per heavy atom. The lowest BCUT2D eigenvalue weighted by atomic mass is 9.88. The van der Waals surface area contributed by atoms with Crippen molar-refractivity contribution in [2.24, 2.45) is 23.2 Å². The number of urea groups is 1. The standard InChI is InChI=1S/C64H84N14O12/c1-41-56(42(2)72-71-41)43-16-19-47(20-17-43)68-61(83)58(57(44-12-13-44)45-14-15-45)70-60(82)53-23-26-67-78(53)28-9-27-75(29-30-79)55(80)39-77-36-48(73-74-77)40-88-33-32-87-31-8-25-65-63(85)76-37-51(38-76)89-49-10-7-11-50(34-49)90-54-21-18-46(35-66-54)59(81)69-52(62(84)86-6)22-24-64(3,4)5/h7,10-11,16-21,23,26,34-36,44-45,51-52,57-58,79H,8-9,12-15,22,24-25,27-33,37-40H2,1-6H3,(H,65,85)(H,68,83)(H,69,81)(H,70,82)(H,71,72)/t52-,58-/m0/s1. The number of likely N-dealkylation sites (tertiary alicyclic amines) is 1. The predicted octanol–water partition coefficient (Wildman–Crippen LogP) is 6.25. The first-order chi connectivity index (χ1) is 43.4. The van der Waals surface area contributed by atoms with E-state index < -0.39 is 29.9 Å². The molecule has 2 saturated carbocycles. The van der Waals surface area contributed by atoms with Crippen LogP contribution in [0.15, 0.2) is 85.3 Å². The number of aryl methyl sites for hydroxylation is 3. The second-order valence-electron chi connectivity index (χ2n) is 24.4. The van der Waals surface area contributed by atoms with E-state index in [1.54, 1.807) is 64.4 Å². The molecule has 0 unspecified atom stereocenters. The van der Waals surface area contributed by atoms with E-state index in [4.69, 9.17) is 23.7 Å². The third-order valence-electron chi connectivity index (χ3n) is 16.0. The van der Waals surface area contributed by atoms with Gasteiger partial charge in [-0.2, -0.15) is 10.2 Å². The predicted molar refractivity (Wildman–Crippen MR) is 330 cm³/mol. The average molecular weight is 1240 g/mol. The maximum absolute atomic E-state index is 14.1. The monoisotopic (exact) mass is 1240 g/mol. The summed E-state index contributed by atoms with van der Waals surface area (Å²) in [5.74, 6) is 0.200. The number of rotatable bonds is 34. The molecule has 6 aromatic rings. The summed E-state index contributed by atoms with van der Waals surface area (Å²) in [5.41, 5.74) is 5.59. The summed E-state index contributed by atoms with van der Waals surface area (Å²) < 4.78 is 31.4. The van der Waals surface area contributed by atoms with Crippen LogP contribution >= 0.6 is 0 Å². The van der Waals surface area contributed by atoms with Crippen molar-refractivity contribution in [3.05, 3.63) is 114 Å². The minimum Gasteiger partial charge on any atom is -0.487 e. The highest BCUT2D eigenvalue weighted by atomic mass is 16.5. The lowest BCUT2D eigenvalue weighted by molar-refractivity contribution is -0.143. The number of benzene rings is 2.